The van der Waals surface area contributed by atoms with Crippen LogP contribution >= 0.6 is 11.3 Å². The highest BCUT2D eigenvalue weighted by Gasteiger charge is 2.17. The molecule has 0 aromatic carbocycles. The second-order valence-electron chi connectivity index (χ2n) is 4.51. The number of aromatic nitrogens is 2. The fourth-order valence-electron chi connectivity index (χ4n) is 1.64. The van der Waals surface area contributed by atoms with E-state index in [-0.39, 0.29) is 16.6 Å². The molecule has 116 valence electrons. The Hall–Kier alpha value is -1.29. The van der Waals surface area contributed by atoms with Crippen LogP contribution in [0.5, 0.6) is 0 Å². The molecule has 9 heteroatoms. The molecule has 0 radical (unpaired) electrons. The molecule has 0 atom stereocenters. The van der Waals surface area contributed by atoms with Crippen molar-refractivity contribution in [1.82, 2.24) is 20.2 Å². The van der Waals surface area contributed by atoms with Crippen molar-refractivity contribution in [1.29, 1.82) is 0 Å². The summed E-state index contributed by atoms with van der Waals surface area (Å²) in [6.45, 7) is 5.33. The maximum absolute atomic E-state index is 12.1. The Bertz CT molecular complexity index is 678. The lowest BCUT2D eigenvalue weighted by Crippen LogP contribution is -2.22. The van der Waals surface area contributed by atoms with Gasteiger partial charge >= 0.3 is 0 Å². The summed E-state index contributed by atoms with van der Waals surface area (Å²) in [6, 6.07) is 1.68. The fourth-order valence-corrected chi connectivity index (χ4v) is 3.86. The van der Waals surface area contributed by atoms with Gasteiger partial charge in [0, 0.05) is 6.54 Å². The summed E-state index contributed by atoms with van der Waals surface area (Å²) in [5, 5.41) is 8.69. The Morgan fingerprint density at radius 2 is 2.19 bits per heavy atom. The Kier molecular flexibility index (Phi) is 5.45. The maximum Gasteiger partial charge on any atom is 0.250 e. The Labute approximate surface area is 127 Å². The normalized spacial score (nSPS) is 11.9. The van der Waals surface area contributed by atoms with E-state index in [4.69, 9.17) is 4.52 Å². The predicted molar refractivity (Wildman–Crippen MR) is 79.4 cm³/mol. The topological polar surface area (TPSA) is 97.1 Å². The molecule has 0 aliphatic heterocycles. The number of thiophene rings is 1. The van der Waals surface area contributed by atoms with E-state index in [9.17, 15) is 8.42 Å². The van der Waals surface area contributed by atoms with Crippen molar-refractivity contribution in [2.45, 2.75) is 37.6 Å². The lowest BCUT2D eigenvalue weighted by atomic mass is 10.3. The van der Waals surface area contributed by atoms with Crippen LogP contribution in [0.1, 0.15) is 30.6 Å². The van der Waals surface area contributed by atoms with Gasteiger partial charge in [-0.1, -0.05) is 12.1 Å². The summed E-state index contributed by atoms with van der Waals surface area (Å²) in [5.74, 6) is 0.724. The molecule has 0 aliphatic rings. The van der Waals surface area contributed by atoms with Gasteiger partial charge in [0.15, 0.2) is 5.82 Å². The van der Waals surface area contributed by atoms with Crippen LogP contribution in [-0.4, -0.2) is 25.1 Å². The van der Waals surface area contributed by atoms with Crippen LogP contribution in [0.15, 0.2) is 20.2 Å². The molecule has 0 bridgehead atoms. The van der Waals surface area contributed by atoms with E-state index >= 15 is 0 Å². The first-order valence-electron chi connectivity index (χ1n) is 6.58. The summed E-state index contributed by atoms with van der Waals surface area (Å²) >= 11 is 1.20. The molecule has 2 aromatic rings. The van der Waals surface area contributed by atoms with E-state index in [0.717, 1.165) is 18.5 Å². The third-order valence-electron chi connectivity index (χ3n) is 2.63. The van der Waals surface area contributed by atoms with Crippen molar-refractivity contribution in [2.24, 2.45) is 0 Å². The van der Waals surface area contributed by atoms with Crippen LogP contribution in [-0.2, 0) is 23.1 Å². The zero-order valence-electron chi connectivity index (χ0n) is 11.9. The van der Waals surface area contributed by atoms with Gasteiger partial charge in [0.1, 0.15) is 4.21 Å². The van der Waals surface area contributed by atoms with Gasteiger partial charge in [-0.15, -0.1) is 11.3 Å². The minimum atomic E-state index is -3.55. The summed E-state index contributed by atoms with van der Waals surface area (Å²) in [4.78, 5) is 3.95. The highest BCUT2D eigenvalue weighted by atomic mass is 32.2. The molecule has 0 saturated heterocycles. The van der Waals surface area contributed by atoms with Gasteiger partial charge in [-0.2, -0.15) is 4.98 Å². The molecule has 0 fully saturated rings. The second kappa shape index (κ2) is 7.12. The van der Waals surface area contributed by atoms with Crippen LogP contribution in [0.25, 0.3) is 0 Å². The van der Waals surface area contributed by atoms with Crippen molar-refractivity contribution in [3.8, 4) is 0 Å². The van der Waals surface area contributed by atoms with Gasteiger partial charge < -0.3 is 9.84 Å². The van der Waals surface area contributed by atoms with Gasteiger partial charge in [0.25, 0.3) is 10.0 Å². The lowest BCUT2D eigenvalue weighted by molar-refractivity contribution is 0.372. The number of hydrogen-bond donors (Lipinski definition) is 2. The minimum absolute atomic E-state index is 0.00943. The van der Waals surface area contributed by atoms with E-state index in [2.05, 4.69) is 27.1 Å². The average molecular weight is 330 g/mol. The monoisotopic (exact) mass is 330 g/mol. The van der Waals surface area contributed by atoms with E-state index in [1.165, 1.54) is 11.3 Å². The van der Waals surface area contributed by atoms with Crippen molar-refractivity contribution >= 4 is 21.4 Å². The van der Waals surface area contributed by atoms with Crippen LogP contribution < -0.4 is 10.0 Å². The van der Waals surface area contributed by atoms with Gasteiger partial charge in [0.05, 0.1) is 6.54 Å². The number of aryl methyl sites for hydroxylation is 1. The van der Waals surface area contributed by atoms with Crippen LogP contribution in [0, 0.1) is 6.92 Å². The molecule has 21 heavy (non-hydrogen) atoms. The van der Waals surface area contributed by atoms with Gasteiger partial charge in [0.2, 0.25) is 5.89 Å². The number of sulfonamides is 1. The molecule has 2 heterocycles. The first-order valence-corrected chi connectivity index (χ1v) is 8.94. The van der Waals surface area contributed by atoms with E-state index < -0.39 is 10.0 Å². The number of nitrogens with zero attached hydrogens (tertiary/aromatic N) is 2. The standard InChI is InChI=1S/C12H18N4O3S2/c1-3-4-13-6-10-5-12(20-8-10)21(17,18)14-7-11-15-9(2)16-19-11/h5,8,13-14H,3-4,6-7H2,1-2H3. The van der Waals surface area contributed by atoms with E-state index in [0.29, 0.717) is 12.4 Å². The van der Waals surface area contributed by atoms with Crippen molar-refractivity contribution in [3.63, 3.8) is 0 Å². The van der Waals surface area contributed by atoms with Gasteiger partial charge in [-0.3, -0.25) is 0 Å². The zero-order chi connectivity index (χ0) is 15.3. The number of rotatable bonds is 8. The third-order valence-corrected chi connectivity index (χ3v) is 5.52. The molecular weight excluding hydrogens is 312 g/mol. The molecule has 2 N–H and O–H groups in total. The molecule has 7 nitrogen and oxygen atoms in total. The SMILES string of the molecule is CCCNCc1csc(S(=O)(=O)NCc2nc(C)no2)c1. The highest BCUT2D eigenvalue weighted by Crippen LogP contribution is 2.20. The largest absolute Gasteiger partial charge is 0.338 e. The average Bonchev–Trinajstić information content (AvgIpc) is 3.06. The predicted octanol–water partition coefficient (Wildman–Crippen LogP) is 1.42. The smallest absolute Gasteiger partial charge is 0.250 e. The van der Waals surface area contributed by atoms with E-state index in [1.54, 1.807) is 13.0 Å². The maximum atomic E-state index is 12.1. The summed E-state index contributed by atoms with van der Waals surface area (Å²) < 4.78 is 31.9. The molecule has 0 amide bonds. The zero-order valence-corrected chi connectivity index (χ0v) is 13.6. The molecule has 0 saturated carbocycles. The third kappa shape index (κ3) is 4.60. The fraction of sp³-hybridized carbons (Fsp3) is 0.500. The number of hydrogen-bond acceptors (Lipinski definition) is 7. The molecule has 0 spiro atoms. The quantitative estimate of drug-likeness (QED) is 0.711. The van der Waals surface area contributed by atoms with Gasteiger partial charge in [-0.25, -0.2) is 13.1 Å². The molecular formula is C12H18N4O3S2. The summed E-state index contributed by atoms with van der Waals surface area (Å²) in [5.41, 5.74) is 0.961. The Balaban J connectivity index is 1.95. The van der Waals surface area contributed by atoms with Gasteiger partial charge in [-0.05, 0) is 36.9 Å². The minimum Gasteiger partial charge on any atom is -0.338 e. The van der Waals surface area contributed by atoms with Crippen molar-refractivity contribution in [2.75, 3.05) is 6.54 Å². The molecule has 2 rings (SSSR count). The Morgan fingerprint density at radius 3 is 2.86 bits per heavy atom. The molecule has 0 unspecified atom stereocenters. The number of nitrogens with one attached hydrogen (secondary N) is 2. The second-order valence-corrected chi connectivity index (χ2v) is 7.42. The van der Waals surface area contributed by atoms with Crippen LogP contribution in [0.3, 0.4) is 0 Å². The van der Waals surface area contributed by atoms with E-state index in [1.807, 2.05) is 5.38 Å². The molecule has 2 aromatic heterocycles. The first-order chi connectivity index (χ1) is 10.0. The van der Waals surface area contributed by atoms with Crippen molar-refractivity contribution < 1.29 is 12.9 Å². The first kappa shape index (κ1) is 16.1. The van der Waals surface area contributed by atoms with Crippen LogP contribution in [0.2, 0.25) is 0 Å². The highest BCUT2D eigenvalue weighted by molar-refractivity contribution is 7.91. The summed E-state index contributed by atoms with van der Waals surface area (Å²) in [6.07, 6.45) is 1.04. The Morgan fingerprint density at radius 1 is 1.38 bits per heavy atom. The molecule has 0 aliphatic carbocycles. The van der Waals surface area contributed by atoms with Crippen LogP contribution in [0.4, 0.5) is 0 Å². The summed E-state index contributed by atoms with van der Waals surface area (Å²) in [7, 11) is -3.55. The van der Waals surface area contributed by atoms with Crippen molar-refractivity contribution in [3.05, 3.63) is 28.7 Å². The lowest BCUT2D eigenvalue weighted by Gasteiger charge is -2.01.